The smallest absolute Gasteiger partial charge is 0.422 e. The van der Waals surface area contributed by atoms with Crippen LogP contribution in [0.5, 0.6) is 11.6 Å². The molecule has 168 valence electrons. The highest BCUT2D eigenvalue weighted by Gasteiger charge is 2.28. The third kappa shape index (κ3) is 7.23. The van der Waals surface area contributed by atoms with Crippen LogP contribution in [-0.4, -0.2) is 50.5 Å². The first-order valence-electron chi connectivity index (χ1n) is 9.87. The van der Waals surface area contributed by atoms with Gasteiger partial charge in [-0.1, -0.05) is 12.1 Å². The first-order chi connectivity index (χ1) is 14.8. The maximum absolute atomic E-state index is 12.1. The van der Waals surface area contributed by atoms with Crippen molar-refractivity contribution in [2.75, 3.05) is 38.3 Å². The van der Waals surface area contributed by atoms with Gasteiger partial charge in [-0.15, -0.1) is 0 Å². The topological polar surface area (TPSA) is 75.7 Å². The molecule has 2 heterocycles. The number of ether oxygens (including phenoxy) is 2. The average molecular weight is 438 g/mol. The van der Waals surface area contributed by atoms with E-state index in [1.807, 2.05) is 24.3 Å². The summed E-state index contributed by atoms with van der Waals surface area (Å²) in [6, 6.07) is 10.5. The Morgan fingerprint density at radius 2 is 2.10 bits per heavy atom. The summed E-state index contributed by atoms with van der Waals surface area (Å²) in [7, 11) is 1.64. The van der Waals surface area contributed by atoms with Crippen LogP contribution in [0.1, 0.15) is 12.0 Å². The minimum Gasteiger partial charge on any atom is -0.497 e. The van der Waals surface area contributed by atoms with Crippen LogP contribution in [0.4, 0.5) is 23.7 Å². The maximum Gasteiger partial charge on any atom is 0.422 e. The lowest BCUT2D eigenvalue weighted by Crippen LogP contribution is -2.38. The number of amides is 2. The van der Waals surface area contributed by atoms with Gasteiger partial charge in [0.15, 0.2) is 6.61 Å². The van der Waals surface area contributed by atoms with Gasteiger partial charge < -0.3 is 25.0 Å². The molecule has 1 aromatic carbocycles. The zero-order valence-corrected chi connectivity index (χ0v) is 17.1. The molecule has 2 N–H and O–H groups in total. The quantitative estimate of drug-likeness (QED) is 0.661. The normalized spacial score (nSPS) is 16.1. The number of pyridine rings is 1. The minimum absolute atomic E-state index is 0.118. The van der Waals surface area contributed by atoms with Crippen LogP contribution >= 0.6 is 0 Å². The molecule has 1 aliphatic rings. The standard InChI is InChI=1S/C21H25F3N4O3/c1-30-18-4-2-3-17(9-18)28-8-7-16(13-28)12-27-20(29)26-11-15-5-6-19(25-10-15)31-14-21(22,23)24/h2-6,9-10,16H,7-8,11-14H2,1H3,(H2,26,27,29). The van der Waals surface area contributed by atoms with E-state index in [0.29, 0.717) is 18.0 Å². The lowest BCUT2D eigenvalue weighted by atomic mass is 10.1. The summed E-state index contributed by atoms with van der Waals surface area (Å²) in [5, 5.41) is 5.58. The fourth-order valence-corrected chi connectivity index (χ4v) is 3.28. The third-order valence-electron chi connectivity index (χ3n) is 4.89. The number of anilines is 1. The number of nitrogens with one attached hydrogen (secondary N) is 2. The van der Waals surface area contributed by atoms with Gasteiger partial charge in [-0.25, -0.2) is 9.78 Å². The summed E-state index contributed by atoms with van der Waals surface area (Å²) in [5.74, 6) is 1.03. The van der Waals surface area contributed by atoms with E-state index in [1.165, 1.54) is 12.3 Å². The Hall–Kier alpha value is -3.17. The molecule has 7 nitrogen and oxygen atoms in total. The van der Waals surface area contributed by atoms with Gasteiger partial charge >= 0.3 is 12.2 Å². The number of aromatic nitrogens is 1. The average Bonchev–Trinajstić information content (AvgIpc) is 3.24. The van der Waals surface area contributed by atoms with Crippen LogP contribution in [0.15, 0.2) is 42.6 Å². The minimum atomic E-state index is -4.41. The van der Waals surface area contributed by atoms with Gasteiger partial charge in [-0.05, 0) is 30.0 Å². The van der Waals surface area contributed by atoms with Gasteiger partial charge in [0.2, 0.25) is 5.88 Å². The molecule has 0 bridgehead atoms. The van der Waals surface area contributed by atoms with Crippen molar-refractivity contribution in [3.63, 3.8) is 0 Å². The van der Waals surface area contributed by atoms with Crippen molar-refractivity contribution < 1.29 is 27.4 Å². The number of benzene rings is 1. The summed E-state index contributed by atoms with van der Waals surface area (Å²) in [4.78, 5) is 18.1. The van der Waals surface area contributed by atoms with Crippen molar-refractivity contribution >= 4 is 11.7 Å². The summed E-state index contributed by atoms with van der Waals surface area (Å²) in [6.07, 6.45) is -2.07. The second-order valence-electron chi connectivity index (χ2n) is 7.27. The maximum atomic E-state index is 12.1. The highest BCUT2D eigenvalue weighted by Crippen LogP contribution is 2.26. The molecule has 1 saturated heterocycles. The number of hydrogen-bond acceptors (Lipinski definition) is 5. The Morgan fingerprint density at radius 1 is 1.26 bits per heavy atom. The molecule has 0 aliphatic carbocycles. The van der Waals surface area contributed by atoms with Crippen LogP contribution in [0, 0.1) is 5.92 Å². The molecular formula is C21H25F3N4O3. The van der Waals surface area contributed by atoms with Crippen molar-refractivity contribution in [2.24, 2.45) is 5.92 Å². The predicted octanol–water partition coefficient (Wildman–Crippen LogP) is 3.36. The SMILES string of the molecule is COc1cccc(N2CCC(CNC(=O)NCc3ccc(OCC(F)(F)F)nc3)C2)c1. The van der Waals surface area contributed by atoms with Crippen LogP contribution in [0.3, 0.4) is 0 Å². The number of nitrogens with zero attached hydrogens (tertiary/aromatic N) is 2. The van der Waals surface area contributed by atoms with E-state index in [1.54, 1.807) is 13.2 Å². The first kappa shape index (κ1) is 22.5. The third-order valence-corrected chi connectivity index (χ3v) is 4.89. The van der Waals surface area contributed by atoms with E-state index < -0.39 is 12.8 Å². The molecule has 10 heteroatoms. The lowest BCUT2D eigenvalue weighted by molar-refractivity contribution is -0.154. The Labute approximate surface area is 178 Å². The van der Waals surface area contributed by atoms with E-state index in [0.717, 1.165) is 30.9 Å². The Balaban J connectivity index is 1.37. The van der Waals surface area contributed by atoms with E-state index in [4.69, 9.17) is 4.74 Å². The highest BCUT2D eigenvalue weighted by atomic mass is 19.4. The molecule has 1 aliphatic heterocycles. The van der Waals surface area contributed by atoms with Crippen molar-refractivity contribution in [3.05, 3.63) is 48.2 Å². The Bertz CT molecular complexity index is 862. The number of methoxy groups -OCH3 is 1. The van der Waals surface area contributed by atoms with Crippen molar-refractivity contribution in [2.45, 2.75) is 19.1 Å². The summed E-state index contributed by atoms with van der Waals surface area (Å²) >= 11 is 0. The number of carbonyl (C=O) groups excluding carboxylic acids is 1. The van der Waals surface area contributed by atoms with Crippen LogP contribution in [-0.2, 0) is 6.54 Å². The number of hydrogen-bond donors (Lipinski definition) is 2. The van der Waals surface area contributed by atoms with Crippen LogP contribution in [0.25, 0.3) is 0 Å². The number of alkyl halides is 3. The molecule has 0 radical (unpaired) electrons. The fourth-order valence-electron chi connectivity index (χ4n) is 3.28. The molecule has 1 unspecified atom stereocenters. The van der Waals surface area contributed by atoms with Gasteiger partial charge in [0.05, 0.1) is 7.11 Å². The largest absolute Gasteiger partial charge is 0.497 e. The summed E-state index contributed by atoms with van der Waals surface area (Å²) in [5.41, 5.74) is 1.75. The van der Waals surface area contributed by atoms with Crippen molar-refractivity contribution in [1.82, 2.24) is 15.6 Å². The summed E-state index contributed by atoms with van der Waals surface area (Å²) in [6.45, 7) is 1.12. The second kappa shape index (κ2) is 10.2. The van der Waals surface area contributed by atoms with Crippen molar-refractivity contribution in [3.8, 4) is 11.6 Å². The zero-order valence-electron chi connectivity index (χ0n) is 17.1. The molecule has 1 aromatic heterocycles. The zero-order chi connectivity index (χ0) is 22.3. The van der Waals surface area contributed by atoms with Gasteiger partial charge in [-0.2, -0.15) is 13.2 Å². The summed E-state index contributed by atoms with van der Waals surface area (Å²) < 4.78 is 46.2. The van der Waals surface area contributed by atoms with E-state index in [-0.39, 0.29) is 18.5 Å². The van der Waals surface area contributed by atoms with Gasteiger partial charge in [0, 0.05) is 50.2 Å². The molecule has 0 spiro atoms. The fraction of sp³-hybridized carbons (Fsp3) is 0.429. The number of halogens is 3. The monoisotopic (exact) mass is 438 g/mol. The molecule has 2 aromatic rings. The highest BCUT2D eigenvalue weighted by molar-refractivity contribution is 5.73. The molecule has 3 rings (SSSR count). The van der Waals surface area contributed by atoms with E-state index >= 15 is 0 Å². The predicted molar refractivity (Wildman–Crippen MR) is 109 cm³/mol. The van der Waals surface area contributed by atoms with Gasteiger partial charge in [0.25, 0.3) is 0 Å². The lowest BCUT2D eigenvalue weighted by Gasteiger charge is -2.19. The number of urea groups is 1. The molecule has 31 heavy (non-hydrogen) atoms. The number of rotatable bonds is 8. The molecule has 2 amide bonds. The molecule has 1 atom stereocenters. The van der Waals surface area contributed by atoms with Crippen molar-refractivity contribution in [1.29, 1.82) is 0 Å². The van der Waals surface area contributed by atoms with Gasteiger partial charge in [-0.3, -0.25) is 0 Å². The van der Waals surface area contributed by atoms with E-state index in [9.17, 15) is 18.0 Å². The molecule has 1 fully saturated rings. The second-order valence-corrected chi connectivity index (χ2v) is 7.27. The van der Waals surface area contributed by atoms with Crippen LogP contribution in [0.2, 0.25) is 0 Å². The molecular weight excluding hydrogens is 413 g/mol. The Kier molecular flexibility index (Phi) is 7.43. The number of carbonyl (C=O) groups is 1. The molecule has 0 saturated carbocycles. The van der Waals surface area contributed by atoms with Gasteiger partial charge in [0.1, 0.15) is 5.75 Å². The Morgan fingerprint density at radius 3 is 2.81 bits per heavy atom. The van der Waals surface area contributed by atoms with Crippen LogP contribution < -0.4 is 25.0 Å². The van der Waals surface area contributed by atoms with E-state index in [2.05, 4.69) is 25.3 Å². The first-order valence-corrected chi connectivity index (χ1v) is 9.87.